The third-order valence-corrected chi connectivity index (χ3v) is 2.65. The normalized spacial score (nSPS) is 10.7. The Kier molecular flexibility index (Phi) is 2.53. The molecule has 0 aliphatic rings. The number of hydrogen-bond donors (Lipinski definition) is 1. The van der Waals surface area contributed by atoms with Gasteiger partial charge in [0, 0.05) is 12.4 Å². The molecule has 18 heavy (non-hydrogen) atoms. The molecule has 2 aromatic heterocycles. The molecule has 6 heteroatoms. The maximum Gasteiger partial charge on any atom is 0.330 e. The molecule has 0 fully saturated rings. The van der Waals surface area contributed by atoms with Crippen LogP contribution in [0.2, 0.25) is 0 Å². The Labute approximate surface area is 103 Å². The number of rotatable bonds is 3. The Hall–Kier alpha value is -2.63. The third-order valence-electron chi connectivity index (χ3n) is 2.65. The maximum atomic E-state index is 11.4. The molecule has 0 atom stereocenters. The van der Waals surface area contributed by atoms with E-state index >= 15 is 0 Å². The Morgan fingerprint density at radius 3 is 2.44 bits per heavy atom. The standard InChI is InChI=1S/C12H11N5O/c18-12-13-7-8-16(12)11-3-1-10(2-4-11)9-17-14-5-6-15-17/h1-8H,9H2,(H,13,18). The highest BCUT2D eigenvalue weighted by atomic mass is 16.1. The average Bonchev–Trinajstić information content (AvgIpc) is 3.02. The van der Waals surface area contributed by atoms with Crippen LogP contribution in [0.3, 0.4) is 0 Å². The van der Waals surface area contributed by atoms with Gasteiger partial charge in [0.1, 0.15) is 0 Å². The number of imidazole rings is 1. The van der Waals surface area contributed by atoms with Crippen LogP contribution < -0.4 is 5.69 Å². The predicted octanol–water partition coefficient (Wildman–Crippen LogP) is 0.805. The molecule has 0 spiro atoms. The highest BCUT2D eigenvalue weighted by Crippen LogP contribution is 2.08. The lowest BCUT2D eigenvalue weighted by Crippen LogP contribution is -2.14. The van der Waals surface area contributed by atoms with Crippen LogP contribution in [0.15, 0.2) is 53.8 Å². The van der Waals surface area contributed by atoms with Crippen LogP contribution in [0.1, 0.15) is 5.56 Å². The highest BCUT2D eigenvalue weighted by molar-refractivity contribution is 5.34. The van der Waals surface area contributed by atoms with Gasteiger partial charge in [0.05, 0.1) is 24.6 Å². The molecule has 0 radical (unpaired) electrons. The summed E-state index contributed by atoms with van der Waals surface area (Å²) in [5.74, 6) is 0. The molecule has 3 aromatic rings. The van der Waals surface area contributed by atoms with E-state index < -0.39 is 0 Å². The molecule has 0 saturated carbocycles. The molecule has 1 aromatic carbocycles. The van der Waals surface area contributed by atoms with E-state index in [0.29, 0.717) is 6.54 Å². The second-order valence-corrected chi connectivity index (χ2v) is 3.86. The number of H-pyrrole nitrogens is 1. The second-order valence-electron chi connectivity index (χ2n) is 3.86. The molecule has 1 N–H and O–H groups in total. The number of nitrogens with one attached hydrogen (secondary N) is 1. The second kappa shape index (κ2) is 4.33. The summed E-state index contributed by atoms with van der Waals surface area (Å²) in [5, 5.41) is 8.09. The van der Waals surface area contributed by atoms with Crippen molar-refractivity contribution in [3.05, 3.63) is 65.1 Å². The minimum Gasteiger partial charge on any atom is -0.312 e. The minimum atomic E-state index is -0.142. The molecule has 0 saturated heterocycles. The topological polar surface area (TPSA) is 68.5 Å². The summed E-state index contributed by atoms with van der Waals surface area (Å²) >= 11 is 0. The minimum absolute atomic E-state index is 0.142. The SMILES string of the molecule is O=c1[nH]ccn1-c1ccc(Cn2nccn2)cc1. The summed E-state index contributed by atoms with van der Waals surface area (Å²) < 4.78 is 1.55. The summed E-state index contributed by atoms with van der Waals surface area (Å²) in [5.41, 5.74) is 1.77. The van der Waals surface area contributed by atoms with Gasteiger partial charge in [0.15, 0.2) is 0 Å². The van der Waals surface area contributed by atoms with Crippen molar-refractivity contribution < 1.29 is 0 Å². The zero-order chi connectivity index (χ0) is 12.4. The van der Waals surface area contributed by atoms with Crippen molar-refractivity contribution in [3.63, 3.8) is 0 Å². The van der Waals surface area contributed by atoms with E-state index in [0.717, 1.165) is 11.3 Å². The Balaban J connectivity index is 1.85. The lowest BCUT2D eigenvalue weighted by Gasteiger charge is -2.03. The molecule has 3 rings (SSSR count). The zero-order valence-corrected chi connectivity index (χ0v) is 9.52. The highest BCUT2D eigenvalue weighted by Gasteiger charge is 2.01. The fourth-order valence-electron chi connectivity index (χ4n) is 1.77. The van der Waals surface area contributed by atoms with Gasteiger partial charge in [-0.25, -0.2) is 4.79 Å². The van der Waals surface area contributed by atoms with Gasteiger partial charge in [-0.15, -0.1) is 0 Å². The molecule has 0 bridgehead atoms. The van der Waals surface area contributed by atoms with Crippen LogP contribution in [0.5, 0.6) is 0 Å². The van der Waals surface area contributed by atoms with E-state index in [9.17, 15) is 4.79 Å². The number of aromatic amines is 1. The van der Waals surface area contributed by atoms with E-state index in [1.807, 2.05) is 24.3 Å². The summed E-state index contributed by atoms with van der Waals surface area (Å²) in [4.78, 5) is 15.7. The number of benzene rings is 1. The lowest BCUT2D eigenvalue weighted by atomic mass is 10.2. The zero-order valence-electron chi connectivity index (χ0n) is 9.52. The van der Waals surface area contributed by atoms with Gasteiger partial charge >= 0.3 is 5.69 Å². The Morgan fingerprint density at radius 1 is 1.11 bits per heavy atom. The molecule has 0 aliphatic carbocycles. The number of hydrogen-bond acceptors (Lipinski definition) is 3. The van der Waals surface area contributed by atoms with Gasteiger partial charge in [0.25, 0.3) is 0 Å². The van der Waals surface area contributed by atoms with Crippen molar-refractivity contribution in [2.45, 2.75) is 6.54 Å². The van der Waals surface area contributed by atoms with E-state index in [-0.39, 0.29) is 5.69 Å². The van der Waals surface area contributed by atoms with Gasteiger partial charge in [-0.3, -0.25) is 4.57 Å². The number of nitrogens with zero attached hydrogens (tertiary/aromatic N) is 4. The third kappa shape index (κ3) is 1.95. The summed E-state index contributed by atoms with van der Waals surface area (Å²) in [6.07, 6.45) is 6.61. The Morgan fingerprint density at radius 2 is 1.83 bits per heavy atom. The molecular formula is C12H11N5O. The van der Waals surface area contributed by atoms with Crippen LogP contribution in [0.4, 0.5) is 0 Å². The van der Waals surface area contributed by atoms with E-state index in [4.69, 9.17) is 0 Å². The van der Waals surface area contributed by atoms with Gasteiger partial charge < -0.3 is 4.98 Å². The van der Waals surface area contributed by atoms with Crippen molar-refractivity contribution in [1.29, 1.82) is 0 Å². The summed E-state index contributed by atoms with van der Waals surface area (Å²) in [7, 11) is 0. The van der Waals surface area contributed by atoms with Crippen LogP contribution >= 0.6 is 0 Å². The fraction of sp³-hybridized carbons (Fsp3) is 0.0833. The fourth-order valence-corrected chi connectivity index (χ4v) is 1.77. The van der Waals surface area contributed by atoms with Crippen LogP contribution in [-0.2, 0) is 6.54 Å². The monoisotopic (exact) mass is 241 g/mol. The first-order valence-electron chi connectivity index (χ1n) is 5.52. The van der Waals surface area contributed by atoms with Crippen LogP contribution in [0.25, 0.3) is 5.69 Å². The number of aromatic nitrogens is 5. The molecule has 6 nitrogen and oxygen atoms in total. The Bertz CT molecular complexity index is 678. The first kappa shape index (κ1) is 10.5. The van der Waals surface area contributed by atoms with Crippen molar-refractivity contribution in [2.24, 2.45) is 0 Å². The van der Waals surface area contributed by atoms with E-state index in [2.05, 4.69) is 15.2 Å². The predicted molar refractivity (Wildman–Crippen MR) is 65.5 cm³/mol. The van der Waals surface area contributed by atoms with Crippen LogP contribution in [-0.4, -0.2) is 24.5 Å². The van der Waals surface area contributed by atoms with E-state index in [1.54, 1.807) is 34.2 Å². The average molecular weight is 241 g/mol. The molecule has 0 amide bonds. The maximum absolute atomic E-state index is 11.4. The van der Waals surface area contributed by atoms with Crippen LogP contribution in [0, 0.1) is 0 Å². The van der Waals surface area contributed by atoms with Gasteiger partial charge in [-0.2, -0.15) is 15.0 Å². The quantitative estimate of drug-likeness (QED) is 0.737. The summed E-state index contributed by atoms with van der Waals surface area (Å²) in [6.45, 7) is 0.620. The molecule has 0 aliphatic heterocycles. The molecule has 90 valence electrons. The van der Waals surface area contributed by atoms with Crippen molar-refractivity contribution >= 4 is 0 Å². The smallest absolute Gasteiger partial charge is 0.312 e. The lowest BCUT2D eigenvalue weighted by molar-refractivity contribution is 0.591. The summed E-state index contributed by atoms with van der Waals surface area (Å²) in [6, 6.07) is 7.71. The first-order chi connectivity index (χ1) is 8.83. The van der Waals surface area contributed by atoms with Crippen molar-refractivity contribution in [2.75, 3.05) is 0 Å². The molecule has 0 unspecified atom stereocenters. The molecular weight excluding hydrogens is 230 g/mol. The first-order valence-corrected chi connectivity index (χ1v) is 5.52. The molecule has 2 heterocycles. The van der Waals surface area contributed by atoms with Gasteiger partial charge in [-0.1, -0.05) is 12.1 Å². The van der Waals surface area contributed by atoms with Crippen molar-refractivity contribution in [1.82, 2.24) is 24.5 Å². The van der Waals surface area contributed by atoms with Gasteiger partial charge in [-0.05, 0) is 17.7 Å². The van der Waals surface area contributed by atoms with Crippen molar-refractivity contribution in [3.8, 4) is 5.69 Å². The largest absolute Gasteiger partial charge is 0.330 e. The van der Waals surface area contributed by atoms with E-state index in [1.165, 1.54) is 0 Å². The van der Waals surface area contributed by atoms with Gasteiger partial charge in [0.2, 0.25) is 0 Å².